The number of nitrogens with one attached hydrogen (secondary N) is 2. The van der Waals surface area contributed by atoms with E-state index in [-0.39, 0.29) is 11.3 Å². The molecule has 0 aromatic carbocycles. The Morgan fingerprint density at radius 3 is 2.78 bits per heavy atom. The number of nitrogens with zero attached hydrogens (tertiary/aromatic N) is 1. The fourth-order valence-electron chi connectivity index (χ4n) is 2.89. The fraction of sp³-hybridized carbons (Fsp3) is 0.538. The maximum absolute atomic E-state index is 12.4. The van der Waals surface area contributed by atoms with E-state index in [0.29, 0.717) is 17.5 Å². The molecule has 4 nitrogen and oxygen atoms in total. The molecule has 1 saturated carbocycles. The molecule has 1 amide bonds. The van der Waals surface area contributed by atoms with Gasteiger partial charge in [-0.3, -0.25) is 4.79 Å². The van der Waals surface area contributed by atoms with E-state index >= 15 is 0 Å². The lowest BCUT2D eigenvalue weighted by atomic mass is 9.73. The van der Waals surface area contributed by atoms with Crippen LogP contribution < -0.4 is 10.6 Å². The monoisotopic (exact) mass is 265 g/mol. The van der Waals surface area contributed by atoms with Crippen LogP contribution >= 0.6 is 11.6 Å². The van der Waals surface area contributed by atoms with Gasteiger partial charge in [0.2, 0.25) is 5.91 Å². The highest BCUT2D eigenvalue weighted by atomic mass is 35.5. The molecule has 1 spiro atoms. The van der Waals surface area contributed by atoms with Crippen molar-refractivity contribution < 1.29 is 4.79 Å². The van der Waals surface area contributed by atoms with Crippen LogP contribution in [0.25, 0.3) is 0 Å². The second kappa shape index (κ2) is 4.43. The summed E-state index contributed by atoms with van der Waals surface area (Å²) >= 11 is 5.88. The van der Waals surface area contributed by atoms with E-state index in [4.69, 9.17) is 11.6 Å². The average Bonchev–Trinajstić information content (AvgIpc) is 2.51. The Hall–Kier alpha value is -1.29. The number of hydrogen-bond donors (Lipinski definition) is 2. The standard InChI is InChI=1S/C13H16ClN3O/c14-10-5-4-9-11(17-10)15-8-13(12(18)16-9)6-2-1-3-7-13/h4-5H,1-3,6-8H2,(H,15,17)(H,16,18). The van der Waals surface area contributed by atoms with E-state index in [9.17, 15) is 4.79 Å². The molecule has 5 heteroatoms. The van der Waals surface area contributed by atoms with Crippen LogP contribution in [0.5, 0.6) is 0 Å². The number of aromatic nitrogens is 1. The van der Waals surface area contributed by atoms with Gasteiger partial charge in [-0.1, -0.05) is 30.9 Å². The molecule has 2 heterocycles. The Morgan fingerprint density at radius 2 is 2.00 bits per heavy atom. The first kappa shape index (κ1) is 11.8. The minimum atomic E-state index is -0.272. The van der Waals surface area contributed by atoms with Gasteiger partial charge in [-0.2, -0.15) is 0 Å². The molecule has 1 fully saturated rings. The molecule has 2 aliphatic rings. The van der Waals surface area contributed by atoms with Crippen LogP contribution in [0.4, 0.5) is 11.5 Å². The lowest BCUT2D eigenvalue weighted by Gasteiger charge is -2.34. The molecule has 18 heavy (non-hydrogen) atoms. The molecule has 1 aromatic heterocycles. The highest BCUT2D eigenvalue weighted by molar-refractivity contribution is 6.29. The van der Waals surface area contributed by atoms with Crippen molar-refractivity contribution in [1.82, 2.24) is 4.98 Å². The van der Waals surface area contributed by atoms with Crippen molar-refractivity contribution in [1.29, 1.82) is 0 Å². The number of anilines is 2. The summed E-state index contributed by atoms with van der Waals surface area (Å²) in [4.78, 5) is 16.7. The number of halogens is 1. The molecule has 1 aromatic rings. The molecule has 2 N–H and O–H groups in total. The number of rotatable bonds is 0. The maximum atomic E-state index is 12.4. The Morgan fingerprint density at radius 1 is 1.22 bits per heavy atom. The van der Waals surface area contributed by atoms with Crippen LogP contribution in [0.15, 0.2) is 12.1 Å². The molecule has 1 aliphatic carbocycles. The molecule has 3 rings (SSSR count). The summed E-state index contributed by atoms with van der Waals surface area (Å²) in [5.74, 6) is 0.802. The van der Waals surface area contributed by atoms with Crippen LogP contribution in [0.1, 0.15) is 32.1 Å². The van der Waals surface area contributed by atoms with Gasteiger partial charge in [0.25, 0.3) is 0 Å². The smallest absolute Gasteiger partial charge is 0.232 e. The van der Waals surface area contributed by atoms with Gasteiger partial charge in [0.1, 0.15) is 5.15 Å². The molecule has 0 saturated heterocycles. The van der Waals surface area contributed by atoms with E-state index in [2.05, 4.69) is 15.6 Å². The van der Waals surface area contributed by atoms with E-state index in [1.807, 2.05) is 0 Å². The third-order valence-corrected chi connectivity index (χ3v) is 4.21. The minimum absolute atomic E-state index is 0.123. The van der Waals surface area contributed by atoms with Crippen molar-refractivity contribution in [2.75, 3.05) is 17.2 Å². The predicted molar refractivity (Wildman–Crippen MR) is 71.9 cm³/mol. The lowest BCUT2D eigenvalue weighted by Crippen LogP contribution is -2.41. The zero-order valence-corrected chi connectivity index (χ0v) is 10.9. The van der Waals surface area contributed by atoms with Gasteiger partial charge in [-0.05, 0) is 25.0 Å². The highest BCUT2D eigenvalue weighted by Gasteiger charge is 2.41. The zero-order valence-electron chi connectivity index (χ0n) is 10.1. The van der Waals surface area contributed by atoms with Gasteiger partial charge in [0.05, 0.1) is 11.1 Å². The van der Waals surface area contributed by atoms with E-state index in [0.717, 1.165) is 31.4 Å². The first-order chi connectivity index (χ1) is 8.70. The summed E-state index contributed by atoms with van der Waals surface area (Å²) in [6, 6.07) is 3.50. The number of carbonyl (C=O) groups is 1. The van der Waals surface area contributed by atoms with Crippen LogP contribution in [0.2, 0.25) is 5.15 Å². The number of hydrogen-bond acceptors (Lipinski definition) is 3. The largest absolute Gasteiger partial charge is 0.367 e. The number of fused-ring (bicyclic) bond motifs is 1. The number of pyridine rings is 1. The molecule has 0 bridgehead atoms. The van der Waals surface area contributed by atoms with Crippen LogP contribution in [-0.4, -0.2) is 17.4 Å². The van der Waals surface area contributed by atoms with Crippen molar-refractivity contribution in [3.63, 3.8) is 0 Å². The van der Waals surface area contributed by atoms with Gasteiger partial charge in [-0.25, -0.2) is 4.98 Å². The Balaban J connectivity index is 1.92. The molecule has 0 atom stereocenters. The first-order valence-electron chi connectivity index (χ1n) is 6.42. The van der Waals surface area contributed by atoms with Crippen LogP contribution in [-0.2, 0) is 4.79 Å². The normalized spacial score (nSPS) is 21.7. The topological polar surface area (TPSA) is 54.0 Å². The Kier molecular flexibility index (Phi) is 2.90. The number of amides is 1. The molecular weight excluding hydrogens is 250 g/mol. The molecular formula is C13H16ClN3O. The van der Waals surface area contributed by atoms with Crippen molar-refractivity contribution in [2.24, 2.45) is 5.41 Å². The lowest BCUT2D eigenvalue weighted by molar-refractivity contribution is -0.126. The van der Waals surface area contributed by atoms with Crippen molar-refractivity contribution in [3.8, 4) is 0 Å². The highest BCUT2D eigenvalue weighted by Crippen LogP contribution is 2.40. The third-order valence-electron chi connectivity index (χ3n) is 4.00. The summed E-state index contributed by atoms with van der Waals surface area (Å²) in [6.07, 6.45) is 5.38. The second-order valence-corrected chi connectivity index (χ2v) is 5.57. The van der Waals surface area contributed by atoms with E-state index < -0.39 is 0 Å². The summed E-state index contributed by atoms with van der Waals surface area (Å²) in [5, 5.41) is 6.71. The SMILES string of the molecule is O=C1Nc2ccc(Cl)nc2NCC12CCCCC2. The third kappa shape index (κ3) is 1.94. The van der Waals surface area contributed by atoms with Crippen molar-refractivity contribution in [2.45, 2.75) is 32.1 Å². The average molecular weight is 266 g/mol. The van der Waals surface area contributed by atoms with E-state index in [1.165, 1.54) is 6.42 Å². The molecule has 1 aliphatic heterocycles. The Bertz CT molecular complexity index is 483. The van der Waals surface area contributed by atoms with Gasteiger partial charge in [-0.15, -0.1) is 0 Å². The molecule has 96 valence electrons. The predicted octanol–water partition coefficient (Wildman–Crippen LogP) is 3.05. The summed E-state index contributed by atoms with van der Waals surface area (Å²) < 4.78 is 0. The van der Waals surface area contributed by atoms with E-state index in [1.54, 1.807) is 12.1 Å². The van der Waals surface area contributed by atoms with Crippen LogP contribution in [0, 0.1) is 5.41 Å². The number of carbonyl (C=O) groups excluding carboxylic acids is 1. The fourth-order valence-corrected chi connectivity index (χ4v) is 3.04. The van der Waals surface area contributed by atoms with Gasteiger partial charge < -0.3 is 10.6 Å². The second-order valence-electron chi connectivity index (χ2n) is 5.18. The summed E-state index contributed by atoms with van der Waals surface area (Å²) in [5.41, 5.74) is 0.456. The van der Waals surface area contributed by atoms with Gasteiger partial charge in [0, 0.05) is 6.54 Å². The summed E-state index contributed by atoms with van der Waals surface area (Å²) in [6.45, 7) is 0.652. The molecule has 0 unspecified atom stereocenters. The van der Waals surface area contributed by atoms with Crippen LogP contribution in [0.3, 0.4) is 0 Å². The van der Waals surface area contributed by atoms with Crippen molar-refractivity contribution >= 4 is 29.0 Å². The summed E-state index contributed by atoms with van der Waals surface area (Å²) in [7, 11) is 0. The zero-order chi connectivity index (χ0) is 12.6. The molecule has 0 radical (unpaired) electrons. The first-order valence-corrected chi connectivity index (χ1v) is 6.79. The minimum Gasteiger partial charge on any atom is -0.367 e. The quantitative estimate of drug-likeness (QED) is 0.709. The van der Waals surface area contributed by atoms with Gasteiger partial charge in [0.15, 0.2) is 5.82 Å². The van der Waals surface area contributed by atoms with Crippen molar-refractivity contribution in [3.05, 3.63) is 17.3 Å². The van der Waals surface area contributed by atoms with Gasteiger partial charge >= 0.3 is 0 Å². The maximum Gasteiger partial charge on any atom is 0.232 e. The Labute approximate surface area is 111 Å².